The van der Waals surface area contributed by atoms with E-state index in [1.807, 2.05) is 0 Å². The van der Waals surface area contributed by atoms with Crippen molar-refractivity contribution in [3.63, 3.8) is 0 Å². The number of ketones is 1. The molecule has 1 aromatic carbocycles. The molecule has 0 radical (unpaired) electrons. The van der Waals surface area contributed by atoms with Crippen LogP contribution < -0.4 is 5.32 Å². The first kappa shape index (κ1) is 21.0. The van der Waals surface area contributed by atoms with Gasteiger partial charge in [-0.25, -0.2) is 9.37 Å². The normalized spacial score (nSPS) is 15.6. The summed E-state index contributed by atoms with van der Waals surface area (Å²) < 4.78 is 15.7. The second kappa shape index (κ2) is 8.47. The summed E-state index contributed by atoms with van der Waals surface area (Å²) in [4.78, 5) is 42.9. The summed E-state index contributed by atoms with van der Waals surface area (Å²) in [6.45, 7) is 1.93. The Labute approximate surface area is 182 Å². The van der Waals surface area contributed by atoms with E-state index in [9.17, 15) is 18.8 Å². The van der Waals surface area contributed by atoms with Gasteiger partial charge in [-0.2, -0.15) is 0 Å². The Balaban J connectivity index is 1.41. The Morgan fingerprint density at radius 2 is 2.06 bits per heavy atom. The first-order valence-corrected chi connectivity index (χ1v) is 10.2. The fourth-order valence-electron chi connectivity index (χ4n) is 3.68. The van der Waals surface area contributed by atoms with Crippen LogP contribution in [0.3, 0.4) is 0 Å². The van der Waals surface area contributed by atoms with Crippen LogP contribution in [0.5, 0.6) is 0 Å². The first-order chi connectivity index (χ1) is 14.9. The molecule has 7 nitrogen and oxygen atoms in total. The topological polar surface area (TPSA) is 83.8 Å². The van der Waals surface area contributed by atoms with Crippen molar-refractivity contribution in [3.8, 4) is 0 Å². The van der Waals surface area contributed by atoms with Crippen molar-refractivity contribution in [2.24, 2.45) is 0 Å². The molecular formula is C22H20ClFN4O3. The molecule has 0 bridgehead atoms. The number of Topliss-reactive ketones (excluding diaryl/α,β-unsaturated/α-hetero) is 1. The highest BCUT2D eigenvalue weighted by Gasteiger charge is 2.37. The fraction of sp³-hybridized carbons (Fsp3) is 0.273. The van der Waals surface area contributed by atoms with E-state index in [2.05, 4.69) is 10.3 Å². The zero-order valence-corrected chi connectivity index (χ0v) is 17.5. The molecule has 2 amide bonds. The third-order valence-corrected chi connectivity index (χ3v) is 5.76. The van der Waals surface area contributed by atoms with Crippen LogP contribution in [0.2, 0.25) is 5.02 Å². The molecule has 1 aliphatic heterocycles. The molecule has 2 aromatic heterocycles. The lowest BCUT2D eigenvalue weighted by Gasteiger charge is -2.39. The minimum absolute atomic E-state index is 0.00221. The van der Waals surface area contributed by atoms with Crippen molar-refractivity contribution in [2.45, 2.75) is 32.4 Å². The summed E-state index contributed by atoms with van der Waals surface area (Å²) >= 11 is 5.76. The molecule has 1 fully saturated rings. The molecule has 0 saturated carbocycles. The number of rotatable bonds is 6. The van der Waals surface area contributed by atoms with E-state index >= 15 is 0 Å². The summed E-state index contributed by atoms with van der Waals surface area (Å²) in [5.41, 5.74) is 1.45. The zero-order valence-electron chi connectivity index (χ0n) is 16.8. The van der Waals surface area contributed by atoms with E-state index in [0.29, 0.717) is 29.9 Å². The number of fused-ring (bicyclic) bond motifs is 1. The highest BCUT2D eigenvalue weighted by molar-refractivity contribution is 6.30. The lowest BCUT2D eigenvalue weighted by Crippen LogP contribution is -2.58. The third kappa shape index (κ3) is 4.03. The van der Waals surface area contributed by atoms with Gasteiger partial charge in [-0.3, -0.25) is 14.4 Å². The summed E-state index contributed by atoms with van der Waals surface area (Å²) in [5, 5.41) is 2.67. The number of halogens is 2. The lowest BCUT2D eigenvalue weighted by atomic mass is 10.0. The molecule has 0 aliphatic carbocycles. The predicted molar refractivity (Wildman–Crippen MR) is 112 cm³/mol. The number of aromatic nitrogens is 2. The minimum atomic E-state index is -0.603. The highest BCUT2D eigenvalue weighted by atomic mass is 35.5. The number of amides is 2. The van der Waals surface area contributed by atoms with Crippen molar-refractivity contribution in [3.05, 3.63) is 70.5 Å². The van der Waals surface area contributed by atoms with Crippen LogP contribution in [0.15, 0.2) is 42.7 Å². The molecular weight excluding hydrogens is 423 g/mol. The Morgan fingerprint density at radius 3 is 2.77 bits per heavy atom. The molecule has 3 heterocycles. The fourth-order valence-corrected chi connectivity index (χ4v) is 3.88. The van der Waals surface area contributed by atoms with Crippen LogP contribution in [-0.2, 0) is 22.6 Å². The van der Waals surface area contributed by atoms with Crippen molar-refractivity contribution in [1.82, 2.24) is 19.6 Å². The Morgan fingerprint density at radius 1 is 1.26 bits per heavy atom. The maximum Gasteiger partial charge on any atom is 0.243 e. The van der Waals surface area contributed by atoms with Crippen LogP contribution in [0.4, 0.5) is 4.39 Å². The summed E-state index contributed by atoms with van der Waals surface area (Å²) in [6.07, 6.45) is 3.85. The van der Waals surface area contributed by atoms with E-state index in [1.54, 1.807) is 41.1 Å². The van der Waals surface area contributed by atoms with Gasteiger partial charge in [-0.1, -0.05) is 23.7 Å². The van der Waals surface area contributed by atoms with Gasteiger partial charge < -0.3 is 14.6 Å². The van der Waals surface area contributed by atoms with Gasteiger partial charge in [0.05, 0.1) is 23.2 Å². The van der Waals surface area contributed by atoms with Gasteiger partial charge in [0, 0.05) is 30.4 Å². The summed E-state index contributed by atoms with van der Waals surface area (Å²) in [6, 6.07) is 7.43. The Hall–Kier alpha value is -3.26. The molecule has 4 rings (SSSR count). The molecule has 3 aromatic rings. The maximum atomic E-state index is 14.0. The largest absolute Gasteiger partial charge is 0.350 e. The van der Waals surface area contributed by atoms with Crippen molar-refractivity contribution < 1.29 is 18.8 Å². The predicted octanol–water partition coefficient (Wildman–Crippen LogP) is 2.79. The maximum absolute atomic E-state index is 14.0. The van der Waals surface area contributed by atoms with Crippen molar-refractivity contribution >= 4 is 34.7 Å². The van der Waals surface area contributed by atoms with Gasteiger partial charge in [-0.05, 0) is 31.5 Å². The van der Waals surface area contributed by atoms with Gasteiger partial charge in [0.25, 0.3) is 0 Å². The number of carbonyl (C=O) groups is 3. The quantitative estimate of drug-likeness (QED) is 0.595. The van der Waals surface area contributed by atoms with Crippen LogP contribution in [0, 0.1) is 5.82 Å². The first-order valence-electron chi connectivity index (χ1n) is 9.82. The number of pyridine rings is 1. The van der Waals surface area contributed by atoms with Gasteiger partial charge in [-0.15, -0.1) is 0 Å². The van der Waals surface area contributed by atoms with Crippen molar-refractivity contribution in [2.75, 3.05) is 6.54 Å². The summed E-state index contributed by atoms with van der Waals surface area (Å²) in [5.74, 6) is -0.733. The standard InChI is InChI=1S/C22H20ClFN4O3/c1-13(29)15-5-3-8-27-18(15)12-25-19(27)10-20(30)28-9-7-17(28)22(31)26-11-14-4-2-6-16(23)21(14)24/h2-6,8,12,17H,7,9-11H2,1H3,(H,26,31)/t17-/m0/s1. The monoisotopic (exact) mass is 442 g/mol. The Kier molecular flexibility index (Phi) is 5.73. The number of imidazole rings is 1. The minimum Gasteiger partial charge on any atom is -0.350 e. The highest BCUT2D eigenvalue weighted by Crippen LogP contribution is 2.21. The average Bonchev–Trinajstić information content (AvgIpc) is 3.11. The number of hydrogen-bond acceptors (Lipinski definition) is 4. The molecule has 31 heavy (non-hydrogen) atoms. The second-order valence-electron chi connectivity index (χ2n) is 7.41. The molecule has 0 spiro atoms. The van der Waals surface area contributed by atoms with E-state index in [-0.39, 0.29) is 41.1 Å². The van der Waals surface area contributed by atoms with E-state index in [1.165, 1.54) is 17.9 Å². The molecule has 160 valence electrons. The zero-order chi connectivity index (χ0) is 22.1. The molecule has 1 saturated heterocycles. The lowest BCUT2D eigenvalue weighted by molar-refractivity contribution is -0.147. The number of likely N-dealkylation sites (tertiary alicyclic amines) is 1. The van der Waals surface area contributed by atoms with Crippen LogP contribution in [-0.4, -0.2) is 44.5 Å². The van der Waals surface area contributed by atoms with Crippen LogP contribution >= 0.6 is 11.6 Å². The molecule has 1 atom stereocenters. The number of hydrogen-bond donors (Lipinski definition) is 1. The molecule has 1 N–H and O–H groups in total. The third-order valence-electron chi connectivity index (χ3n) is 5.46. The van der Waals surface area contributed by atoms with E-state index < -0.39 is 11.9 Å². The van der Waals surface area contributed by atoms with Gasteiger partial charge in [0.1, 0.15) is 17.7 Å². The molecule has 0 unspecified atom stereocenters. The molecule has 1 aliphatic rings. The Bertz CT molecular complexity index is 1190. The van der Waals surface area contributed by atoms with Gasteiger partial charge in [0.2, 0.25) is 11.8 Å². The average molecular weight is 443 g/mol. The summed E-state index contributed by atoms with van der Waals surface area (Å²) in [7, 11) is 0. The molecule has 9 heteroatoms. The number of nitrogens with zero attached hydrogens (tertiary/aromatic N) is 3. The van der Waals surface area contributed by atoms with E-state index in [4.69, 9.17) is 11.6 Å². The number of nitrogens with one attached hydrogen (secondary N) is 1. The smallest absolute Gasteiger partial charge is 0.243 e. The number of carbonyl (C=O) groups excluding carboxylic acids is 3. The SMILES string of the molecule is CC(=O)c1cccn2c(CC(=O)N3CC[C@H]3C(=O)NCc3cccc(Cl)c3F)ncc12. The van der Waals surface area contributed by atoms with Crippen LogP contribution in [0.1, 0.15) is 35.1 Å². The van der Waals surface area contributed by atoms with Gasteiger partial charge >= 0.3 is 0 Å². The number of benzene rings is 1. The van der Waals surface area contributed by atoms with Crippen LogP contribution in [0.25, 0.3) is 5.52 Å². The second-order valence-corrected chi connectivity index (χ2v) is 7.81. The van der Waals surface area contributed by atoms with Gasteiger partial charge in [0.15, 0.2) is 5.78 Å². The van der Waals surface area contributed by atoms with Crippen molar-refractivity contribution in [1.29, 1.82) is 0 Å². The van der Waals surface area contributed by atoms with E-state index in [0.717, 1.165) is 0 Å².